The number of carboxylic acids is 1. The molecule has 21 heavy (non-hydrogen) atoms. The Morgan fingerprint density at radius 3 is 2.71 bits per heavy atom. The Morgan fingerprint density at radius 1 is 1.43 bits per heavy atom. The highest BCUT2D eigenvalue weighted by Gasteiger charge is 2.42. The van der Waals surface area contributed by atoms with E-state index in [0.717, 1.165) is 12.0 Å². The zero-order valence-corrected chi connectivity index (χ0v) is 12.5. The molecule has 1 aromatic heterocycles. The number of rotatable bonds is 5. The fourth-order valence-electron chi connectivity index (χ4n) is 3.07. The molecule has 114 valence electrons. The predicted octanol–water partition coefficient (Wildman–Crippen LogP) is 2.40. The van der Waals surface area contributed by atoms with Gasteiger partial charge in [-0.25, -0.2) is 0 Å². The van der Waals surface area contributed by atoms with Gasteiger partial charge in [0.15, 0.2) is 0 Å². The van der Waals surface area contributed by atoms with Crippen molar-refractivity contribution in [2.45, 2.75) is 39.2 Å². The number of hydrogen-bond acceptors (Lipinski definition) is 3. The van der Waals surface area contributed by atoms with Gasteiger partial charge in [0.1, 0.15) is 0 Å². The van der Waals surface area contributed by atoms with Crippen molar-refractivity contribution < 1.29 is 14.7 Å². The highest BCUT2D eigenvalue weighted by atomic mass is 16.4. The SMILES string of the molecule is CCC1C[C@H](C(=O)N[C@H](C)c2cccnc2)[C@H](C(=O)O)C1. The lowest BCUT2D eigenvalue weighted by Gasteiger charge is -2.19. The summed E-state index contributed by atoms with van der Waals surface area (Å²) in [6.45, 7) is 3.93. The van der Waals surface area contributed by atoms with E-state index in [-0.39, 0.29) is 11.9 Å². The van der Waals surface area contributed by atoms with Crippen molar-refractivity contribution in [2.75, 3.05) is 0 Å². The van der Waals surface area contributed by atoms with Crippen LogP contribution in [-0.4, -0.2) is 22.0 Å². The maximum atomic E-state index is 12.4. The normalized spacial score (nSPS) is 26.3. The standard InChI is InChI=1S/C16H22N2O3/c1-3-11-7-13(14(8-11)16(20)21)15(19)18-10(2)12-5-4-6-17-9-12/h4-6,9-11,13-14H,3,7-8H2,1-2H3,(H,18,19)(H,20,21)/t10-,11?,13+,14-/m1/s1. The van der Waals surface area contributed by atoms with Crippen molar-refractivity contribution >= 4 is 11.9 Å². The van der Waals surface area contributed by atoms with E-state index in [0.29, 0.717) is 18.8 Å². The van der Waals surface area contributed by atoms with E-state index in [9.17, 15) is 14.7 Å². The number of carbonyl (C=O) groups excluding carboxylic acids is 1. The first-order valence-corrected chi connectivity index (χ1v) is 7.46. The molecule has 1 amide bonds. The summed E-state index contributed by atoms with van der Waals surface area (Å²) in [4.78, 5) is 27.8. The van der Waals surface area contributed by atoms with Crippen molar-refractivity contribution in [2.24, 2.45) is 17.8 Å². The first-order valence-electron chi connectivity index (χ1n) is 7.46. The Morgan fingerprint density at radius 2 is 2.14 bits per heavy atom. The molecule has 1 aliphatic carbocycles. The first kappa shape index (κ1) is 15.5. The highest BCUT2D eigenvalue weighted by Crippen LogP contribution is 2.38. The number of pyridine rings is 1. The van der Waals surface area contributed by atoms with Crippen molar-refractivity contribution in [3.63, 3.8) is 0 Å². The molecule has 1 fully saturated rings. The molecule has 0 aliphatic heterocycles. The van der Waals surface area contributed by atoms with Crippen LogP contribution in [0, 0.1) is 17.8 Å². The molecular formula is C16H22N2O3. The van der Waals surface area contributed by atoms with E-state index in [1.807, 2.05) is 26.0 Å². The number of carboxylic acid groups (broad SMARTS) is 1. The monoisotopic (exact) mass is 290 g/mol. The van der Waals surface area contributed by atoms with E-state index in [2.05, 4.69) is 10.3 Å². The lowest BCUT2D eigenvalue weighted by atomic mass is 9.95. The van der Waals surface area contributed by atoms with Crippen molar-refractivity contribution in [3.8, 4) is 0 Å². The summed E-state index contributed by atoms with van der Waals surface area (Å²) in [5, 5.41) is 12.2. The second kappa shape index (κ2) is 6.70. The zero-order chi connectivity index (χ0) is 15.4. The maximum absolute atomic E-state index is 12.4. The van der Waals surface area contributed by atoms with E-state index >= 15 is 0 Å². The molecular weight excluding hydrogens is 268 g/mol. The fourth-order valence-corrected chi connectivity index (χ4v) is 3.07. The summed E-state index contributed by atoms with van der Waals surface area (Å²) < 4.78 is 0. The number of aliphatic carboxylic acids is 1. The van der Waals surface area contributed by atoms with Gasteiger partial charge < -0.3 is 10.4 Å². The predicted molar refractivity (Wildman–Crippen MR) is 78.4 cm³/mol. The van der Waals surface area contributed by atoms with Gasteiger partial charge in [-0.05, 0) is 37.3 Å². The lowest BCUT2D eigenvalue weighted by molar-refractivity contribution is -0.146. The molecule has 1 aliphatic rings. The highest BCUT2D eigenvalue weighted by molar-refractivity contribution is 5.85. The van der Waals surface area contributed by atoms with Gasteiger partial charge in [-0.1, -0.05) is 19.4 Å². The molecule has 4 atom stereocenters. The molecule has 0 spiro atoms. The third kappa shape index (κ3) is 3.60. The topological polar surface area (TPSA) is 79.3 Å². The average Bonchev–Trinajstić information content (AvgIpc) is 2.92. The van der Waals surface area contributed by atoms with Crippen LogP contribution in [0.5, 0.6) is 0 Å². The molecule has 5 nitrogen and oxygen atoms in total. The van der Waals surface area contributed by atoms with Gasteiger partial charge in [0.2, 0.25) is 5.91 Å². The summed E-state index contributed by atoms with van der Waals surface area (Å²) in [7, 11) is 0. The number of nitrogens with zero attached hydrogens (tertiary/aromatic N) is 1. The molecule has 0 saturated heterocycles. The molecule has 5 heteroatoms. The third-order valence-corrected chi connectivity index (χ3v) is 4.43. The quantitative estimate of drug-likeness (QED) is 0.872. The lowest BCUT2D eigenvalue weighted by Crippen LogP contribution is -2.36. The summed E-state index contributed by atoms with van der Waals surface area (Å²) >= 11 is 0. The number of aromatic nitrogens is 1. The summed E-state index contributed by atoms with van der Waals surface area (Å²) in [6.07, 6.45) is 5.58. The summed E-state index contributed by atoms with van der Waals surface area (Å²) in [5.41, 5.74) is 0.919. The Labute approximate surface area is 124 Å². The first-order chi connectivity index (χ1) is 10.0. The van der Waals surface area contributed by atoms with E-state index in [4.69, 9.17) is 0 Å². The van der Waals surface area contributed by atoms with Crippen LogP contribution in [-0.2, 0) is 9.59 Å². The number of nitrogens with one attached hydrogen (secondary N) is 1. The van der Waals surface area contributed by atoms with Crippen LogP contribution in [0.1, 0.15) is 44.7 Å². The van der Waals surface area contributed by atoms with E-state index in [1.165, 1.54) is 0 Å². The summed E-state index contributed by atoms with van der Waals surface area (Å²) in [5.74, 6) is -1.67. The smallest absolute Gasteiger partial charge is 0.307 e. The molecule has 1 saturated carbocycles. The Hall–Kier alpha value is -1.91. The van der Waals surface area contributed by atoms with Gasteiger partial charge in [0.25, 0.3) is 0 Å². The molecule has 1 aromatic rings. The Bertz CT molecular complexity index is 504. The molecule has 0 radical (unpaired) electrons. The Kier molecular flexibility index (Phi) is 4.94. The largest absolute Gasteiger partial charge is 0.481 e. The second-order valence-corrected chi connectivity index (χ2v) is 5.81. The zero-order valence-electron chi connectivity index (χ0n) is 12.5. The van der Waals surface area contributed by atoms with Crippen LogP contribution in [0.2, 0.25) is 0 Å². The molecule has 2 rings (SSSR count). The molecule has 0 aromatic carbocycles. The maximum Gasteiger partial charge on any atom is 0.307 e. The van der Waals surface area contributed by atoms with Crippen LogP contribution in [0.25, 0.3) is 0 Å². The average molecular weight is 290 g/mol. The number of amides is 1. The third-order valence-electron chi connectivity index (χ3n) is 4.43. The van der Waals surface area contributed by atoms with Crippen LogP contribution in [0.4, 0.5) is 0 Å². The minimum Gasteiger partial charge on any atom is -0.481 e. The molecule has 1 unspecified atom stereocenters. The Balaban J connectivity index is 2.03. The van der Waals surface area contributed by atoms with Gasteiger partial charge in [-0.15, -0.1) is 0 Å². The second-order valence-electron chi connectivity index (χ2n) is 5.81. The van der Waals surface area contributed by atoms with Crippen molar-refractivity contribution in [3.05, 3.63) is 30.1 Å². The van der Waals surface area contributed by atoms with Gasteiger partial charge in [0.05, 0.1) is 17.9 Å². The van der Waals surface area contributed by atoms with Crippen LogP contribution in [0.3, 0.4) is 0 Å². The van der Waals surface area contributed by atoms with Gasteiger partial charge in [0, 0.05) is 12.4 Å². The summed E-state index contributed by atoms with van der Waals surface area (Å²) in [6, 6.07) is 3.55. The van der Waals surface area contributed by atoms with Crippen LogP contribution >= 0.6 is 0 Å². The fraction of sp³-hybridized carbons (Fsp3) is 0.562. The van der Waals surface area contributed by atoms with E-state index in [1.54, 1.807) is 12.4 Å². The minimum atomic E-state index is -0.861. The number of hydrogen-bond donors (Lipinski definition) is 2. The van der Waals surface area contributed by atoms with Gasteiger partial charge >= 0.3 is 5.97 Å². The van der Waals surface area contributed by atoms with Crippen LogP contribution < -0.4 is 5.32 Å². The molecule has 2 N–H and O–H groups in total. The van der Waals surface area contributed by atoms with Crippen molar-refractivity contribution in [1.29, 1.82) is 0 Å². The van der Waals surface area contributed by atoms with E-state index < -0.39 is 17.8 Å². The van der Waals surface area contributed by atoms with Gasteiger partial charge in [-0.3, -0.25) is 14.6 Å². The minimum absolute atomic E-state index is 0.158. The molecule has 0 bridgehead atoms. The van der Waals surface area contributed by atoms with Crippen LogP contribution in [0.15, 0.2) is 24.5 Å². The van der Waals surface area contributed by atoms with Crippen molar-refractivity contribution in [1.82, 2.24) is 10.3 Å². The van der Waals surface area contributed by atoms with Gasteiger partial charge in [-0.2, -0.15) is 0 Å². The number of carbonyl (C=O) groups is 2. The molecule has 1 heterocycles.